The van der Waals surface area contributed by atoms with Crippen molar-refractivity contribution in [2.45, 2.75) is 0 Å². The zero-order valence-electron chi connectivity index (χ0n) is 9.87. The predicted octanol–water partition coefficient (Wildman–Crippen LogP) is 0.769. The van der Waals surface area contributed by atoms with Crippen molar-refractivity contribution in [2.24, 2.45) is 5.90 Å². The summed E-state index contributed by atoms with van der Waals surface area (Å²) >= 11 is 1.42. The fourth-order valence-corrected chi connectivity index (χ4v) is 2.80. The molecule has 0 bridgehead atoms. The maximum absolute atomic E-state index is 11.5. The Hall–Kier alpha value is -2.06. The first-order valence-electron chi connectivity index (χ1n) is 5.60. The summed E-state index contributed by atoms with van der Waals surface area (Å²) in [5, 5.41) is 0.908. The van der Waals surface area contributed by atoms with Gasteiger partial charge in [-0.1, -0.05) is 0 Å². The molecular weight excluding hydrogens is 266 g/mol. The van der Waals surface area contributed by atoms with Gasteiger partial charge in [-0.05, 0) is 6.07 Å². The molecule has 2 aromatic rings. The van der Waals surface area contributed by atoms with Gasteiger partial charge in [0, 0.05) is 24.7 Å². The molecule has 0 amide bonds. The van der Waals surface area contributed by atoms with E-state index in [1.807, 2.05) is 11.0 Å². The molecule has 2 aromatic heterocycles. The highest BCUT2D eigenvalue weighted by molar-refractivity contribution is 8.04. The number of rotatable bonds is 2. The maximum atomic E-state index is 11.5. The fraction of sp³-hybridized carbons (Fsp3) is 0.182. The summed E-state index contributed by atoms with van der Waals surface area (Å²) < 4.78 is 0. The van der Waals surface area contributed by atoms with Crippen molar-refractivity contribution in [3.8, 4) is 0 Å². The number of H-pyrrole nitrogens is 1. The van der Waals surface area contributed by atoms with E-state index in [0.29, 0.717) is 4.91 Å². The SMILES string of the molecule is NOC(=O)C1=CN(c2ncnc3[nH]ccc23)CCS1. The summed E-state index contributed by atoms with van der Waals surface area (Å²) in [7, 11) is 0. The van der Waals surface area contributed by atoms with Gasteiger partial charge >= 0.3 is 5.97 Å². The average molecular weight is 277 g/mol. The van der Waals surface area contributed by atoms with Crippen molar-refractivity contribution < 1.29 is 9.63 Å². The molecule has 0 radical (unpaired) electrons. The largest absolute Gasteiger partial charge is 0.369 e. The third-order valence-electron chi connectivity index (χ3n) is 2.78. The van der Waals surface area contributed by atoms with Crippen LogP contribution in [0.5, 0.6) is 0 Å². The molecule has 3 heterocycles. The van der Waals surface area contributed by atoms with Gasteiger partial charge in [0.15, 0.2) is 0 Å². The second kappa shape index (κ2) is 4.90. The van der Waals surface area contributed by atoms with E-state index in [1.165, 1.54) is 18.1 Å². The minimum Gasteiger partial charge on any atom is -0.369 e. The summed E-state index contributed by atoms with van der Waals surface area (Å²) in [4.78, 5) is 29.5. The average Bonchev–Trinajstić information content (AvgIpc) is 2.94. The van der Waals surface area contributed by atoms with Crippen LogP contribution in [0, 0.1) is 0 Å². The first-order valence-corrected chi connectivity index (χ1v) is 6.58. The first-order chi connectivity index (χ1) is 9.29. The fourth-order valence-electron chi connectivity index (χ4n) is 1.92. The summed E-state index contributed by atoms with van der Waals surface area (Å²) in [6, 6.07) is 1.90. The Morgan fingerprint density at radius 1 is 1.53 bits per heavy atom. The van der Waals surface area contributed by atoms with E-state index >= 15 is 0 Å². The van der Waals surface area contributed by atoms with Gasteiger partial charge in [0.25, 0.3) is 0 Å². The quantitative estimate of drug-likeness (QED) is 0.782. The number of nitrogens with two attached hydrogens (primary N) is 1. The summed E-state index contributed by atoms with van der Waals surface area (Å²) in [5.74, 6) is 5.89. The number of fused-ring (bicyclic) bond motifs is 1. The molecule has 0 aliphatic carbocycles. The van der Waals surface area contributed by atoms with E-state index in [0.717, 1.165) is 29.1 Å². The Bertz CT molecular complexity index is 653. The molecule has 0 atom stereocenters. The van der Waals surface area contributed by atoms with Gasteiger partial charge in [-0.15, -0.1) is 11.8 Å². The number of hydrogen-bond acceptors (Lipinski definition) is 7. The van der Waals surface area contributed by atoms with Gasteiger partial charge in [0.2, 0.25) is 0 Å². The molecule has 0 unspecified atom stereocenters. The molecule has 3 rings (SSSR count). The number of anilines is 1. The van der Waals surface area contributed by atoms with Crippen LogP contribution in [0.4, 0.5) is 5.82 Å². The van der Waals surface area contributed by atoms with E-state index in [9.17, 15) is 4.79 Å². The van der Waals surface area contributed by atoms with Crippen molar-refractivity contribution in [1.29, 1.82) is 0 Å². The monoisotopic (exact) mass is 277 g/mol. The van der Waals surface area contributed by atoms with E-state index in [-0.39, 0.29) is 0 Å². The second-order valence-corrected chi connectivity index (χ2v) is 5.01. The number of aromatic nitrogens is 3. The second-order valence-electron chi connectivity index (χ2n) is 3.88. The molecule has 98 valence electrons. The lowest BCUT2D eigenvalue weighted by Crippen LogP contribution is -2.27. The molecule has 1 aliphatic heterocycles. The van der Waals surface area contributed by atoms with E-state index in [1.54, 1.807) is 12.4 Å². The molecule has 1 aliphatic rings. The Kier molecular flexibility index (Phi) is 3.10. The molecular formula is C11H11N5O2S. The van der Waals surface area contributed by atoms with Crippen LogP contribution in [0.2, 0.25) is 0 Å². The Morgan fingerprint density at radius 2 is 2.42 bits per heavy atom. The third kappa shape index (κ3) is 2.15. The molecule has 0 aromatic carbocycles. The molecule has 3 N–H and O–H groups in total. The lowest BCUT2D eigenvalue weighted by atomic mass is 10.3. The topological polar surface area (TPSA) is 97.1 Å². The van der Waals surface area contributed by atoms with E-state index < -0.39 is 5.97 Å². The highest BCUT2D eigenvalue weighted by Crippen LogP contribution is 2.29. The van der Waals surface area contributed by atoms with Crippen LogP contribution in [0.3, 0.4) is 0 Å². The Morgan fingerprint density at radius 3 is 3.26 bits per heavy atom. The number of hydrogen-bond donors (Lipinski definition) is 2. The lowest BCUT2D eigenvalue weighted by molar-refractivity contribution is -0.138. The van der Waals surface area contributed by atoms with Crippen LogP contribution in [0.25, 0.3) is 11.0 Å². The minimum atomic E-state index is -0.533. The van der Waals surface area contributed by atoms with Gasteiger partial charge in [0.1, 0.15) is 22.7 Å². The number of thioether (sulfide) groups is 1. The van der Waals surface area contributed by atoms with Crippen molar-refractivity contribution in [3.05, 3.63) is 29.7 Å². The highest BCUT2D eigenvalue weighted by Gasteiger charge is 2.21. The first kappa shape index (κ1) is 12.0. The lowest BCUT2D eigenvalue weighted by Gasteiger charge is -2.24. The van der Waals surface area contributed by atoms with E-state index in [4.69, 9.17) is 5.90 Å². The number of nitrogens with zero attached hydrogens (tertiary/aromatic N) is 3. The molecule has 19 heavy (non-hydrogen) atoms. The van der Waals surface area contributed by atoms with Crippen molar-refractivity contribution in [1.82, 2.24) is 15.0 Å². The highest BCUT2D eigenvalue weighted by atomic mass is 32.2. The standard InChI is InChI=1S/C11H11N5O2S/c12-18-11(17)8-5-16(3-4-19-8)10-7-1-2-13-9(7)14-6-15-10/h1-2,5-6H,3-4,12H2,(H,13,14,15). The zero-order valence-corrected chi connectivity index (χ0v) is 10.7. The number of carbonyl (C=O) groups excluding carboxylic acids is 1. The minimum absolute atomic E-state index is 0.469. The molecule has 0 fully saturated rings. The predicted molar refractivity (Wildman–Crippen MR) is 72.1 cm³/mol. The number of aromatic amines is 1. The molecule has 0 spiro atoms. The summed E-state index contributed by atoms with van der Waals surface area (Å²) in [6.45, 7) is 0.753. The van der Waals surface area contributed by atoms with Crippen LogP contribution >= 0.6 is 11.8 Å². The van der Waals surface area contributed by atoms with Crippen molar-refractivity contribution in [3.63, 3.8) is 0 Å². The van der Waals surface area contributed by atoms with Crippen LogP contribution in [-0.4, -0.2) is 33.2 Å². The van der Waals surface area contributed by atoms with Crippen molar-refractivity contribution in [2.75, 3.05) is 17.2 Å². The zero-order chi connectivity index (χ0) is 13.2. The number of carbonyl (C=O) groups is 1. The molecule has 0 saturated heterocycles. The van der Waals surface area contributed by atoms with Crippen LogP contribution < -0.4 is 10.8 Å². The van der Waals surface area contributed by atoms with Crippen molar-refractivity contribution >= 4 is 34.6 Å². The summed E-state index contributed by atoms with van der Waals surface area (Å²) in [6.07, 6.45) is 5.00. The van der Waals surface area contributed by atoms with Crippen LogP contribution in [0.15, 0.2) is 29.7 Å². The molecule has 0 saturated carbocycles. The molecule has 7 nitrogen and oxygen atoms in total. The summed E-state index contributed by atoms with van der Waals surface area (Å²) in [5.41, 5.74) is 0.763. The normalized spacial score (nSPS) is 15.4. The van der Waals surface area contributed by atoms with Gasteiger partial charge in [-0.3, -0.25) is 0 Å². The van der Waals surface area contributed by atoms with Crippen LogP contribution in [0.1, 0.15) is 0 Å². The van der Waals surface area contributed by atoms with E-state index in [2.05, 4.69) is 19.8 Å². The van der Waals surface area contributed by atoms with Gasteiger partial charge in [-0.2, -0.15) is 5.90 Å². The van der Waals surface area contributed by atoms with Crippen LogP contribution in [-0.2, 0) is 9.63 Å². The van der Waals surface area contributed by atoms with Gasteiger partial charge in [-0.25, -0.2) is 14.8 Å². The smallest absolute Gasteiger partial charge is 0.364 e. The number of nitrogens with one attached hydrogen (secondary N) is 1. The Balaban J connectivity index is 2.02. The van der Waals surface area contributed by atoms with Gasteiger partial charge < -0.3 is 14.7 Å². The van der Waals surface area contributed by atoms with Gasteiger partial charge in [0.05, 0.1) is 5.39 Å². The maximum Gasteiger partial charge on any atom is 0.364 e. The third-order valence-corrected chi connectivity index (χ3v) is 3.75. The molecule has 8 heteroatoms. The Labute approximate surface area is 112 Å².